The predicted octanol–water partition coefficient (Wildman–Crippen LogP) is 3.44. The number of anilines is 1. The van der Waals surface area contributed by atoms with Gasteiger partial charge in [0.25, 0.3) is 11.5 Å². The van der Waals surface area contributed by atoms with Gasteiger partial charge >= 0.3 is 0 Å². The molecular formula is C20H16F2N2O3. The lowest BCUT2D eigenvalue weighted by Gasteiger charge is -2.10. The average Bonchev–Trinajstić information content (AvgIpc) is 2.66. The van der Waals surface area contributed by atoms with Crippen molar-refractivity contribution < 1.29 is 18.3 Å². The van der Waals surface area contributed by atoms with Gasteiger partial charge in [0.05, 0.1) is 19.3 Å². The fourth-order valence-electron chi connectivity index (χ4n) is 2.58. The van der Waals surface area contributed by atoms with E-state index in [2.05, 4.69) is 5.32 Å². The zero-order valence-electron chi connectivity index (χ0n) is 14.4. The van der Waals surface area contributed by atoms with Crippen LogP contribution in [0.1, 0.15) is 15.9 Å². The molecule has 1 N–H and O–H groups in total. The van der Waals surface area contributed by atoms with Gasteiger partial charge in [-0.05, 0) is 42.0 Å². The summed E-state index contributed by atoms with van der Waals surface area (Å²) in [5.41, 5.74) is -0.0629. The number of ether oxygens (including phenoxy) is 1. The van der Waals surface area contributed by atoms with Crippen molar-refractivity contribution in [2.45, 2.75) is 6.54 Å². The third kappa shape index (κ3) is 4.20. The first-order valence-corrected chi connectivity index (χ1v) is 8.06. The Morgan fingerprint density at radius 3 is 2.67 bits per heavy atom. The van der Waals surface area contributed by atoms with Crippen LogP contribution in [-0.4, -0.2) is 17.6 Å². The summed E-state index contributed by atoms with van der Waals surface area (Å²) < 4.78 is 33.2. The molecule has 27 heavy (non-hydrogen) atoms. The van der Waals surface area contributed by atoms with Gasteiger partial charge in [-0.15, -0.1) is 0 Å². The summed E-state index contributed by atoms with van der Waals surface area (Å²) in [6, 6.07) is 12.9. The second-order valence-electron chi connectivity index (χ2n) is 5.78. The van der Waals surface area contributed by atoms with E-state index in [-0.39, 0.29) is 17.8 Å². The second-order valence-corrected chi connectivity index (χ2v) is 5.78. The van der Waals surface area contributed by atoms with E-state index in [9.17, 15) is 18.4 Å². The number of halogens is 2. The lowest BCUT2D eigenvalue weighted by molar-refractivity contribution is 0.102. The van der Waals surface area contributed by atoms with Crippen LogP contribution < -0.4 is 15.6 Å². The summed E-state index contributed by atoms with van der Waals surface area (Å²) in [7, 11) is 1.55. The maximum Gasteiger partial charge on any atom is 0.263 e. The summed E-state index contributed by atoms with van der Waals surface area (Å²) >= 11 is 0. The summed E-state index contributed by atoms with van der Waals surface area (Å²) in [6.07, 6.45) is 1.55. The van der Waals surface area contributed by atoms with E-state index >= 15 is 0 Å². The number of hydrogen-bond donors (Lipinski definition) is 1. The molecule has 1 aromatic heterocycles. The minimum Gasteiger partial charge on any atom is -0.497 e. The van der Waals surface area contributed by atoms with Crippen molar-refractivity contribution in [1.29, 1.82) is 0 Å². The normalized spacial score (nSPS) is 10.5. The molecule has 0 bridgehead atoms. The third-order valence-electron chi connectivity index (χ3n) is 3.93. The second kappa shape index (κ2) is 7.82. The summed E-state index contributed by atoms with van der Waals surface area (Å²) in [4.78, 5) is 25.0. The molecule has 0 aliphatic carbocycles. The third-order valence-corrected chi connectivity index (χ3v) is 3.93. The first-order chi connectivity index (χ1) is 13.0. The maximum atomic E-state index is 13.7. The summed E-state index contributed by atoms with van der Waals surface area (Å²) in [6.45, 7) is 0.238. The minimum atomic E-state index is -0.920. The lowest BCUT2D eigenvalue weighted by Crippen LogP contribution is -2.29. The molecule has 1 amide bonds. The highest BCUT2D eigenvalue weighted by molar-refractivity contribution is 6.04. The fraction of sp³-hybridized carbons (Fsp3) is 0.100. The number of hydrogen-bond acceptors (Lipinski definition) is 3. The Morgan fingerprint density at radius 2 is 1.93 bits per heavy atom. The number of amides is 1. The first-order valence-electron chi connectivity index (χ1n) is 8.06. The Hall–Kier alpha value is -3.48. The van der Waals surface area contributed by atoms with Crippen LogP contribution in [0.2, 0.25) is 0 Å². The number of nitrogens with one attached hydrogen (secondary N) is 1. The minimum absolute atomic E-state index is 0.149. The molecule has 0 unspecified atom stereocenters. The highest BCUT2D eigenvalue weighted by Crippen LogP contribution is 2.16. The molecule has 138 valence electrons. The molecule has 0 radical (unpaired) electrons. The number of carbonyl (C=O) groups is 1. The van der Waals surface area contributed by atoms with Crippen molar-refractivity contribution in [2.75, 3.05) is 12.4 Å². The topological polar surface area (TPSA) is 60.3 Å². The van der Waals surface area contributed by atoms with E-state index in [0.717, 1.165) is 17.7 Å². The Kier molecular flexibility index (Phi) is 5.30. The molecule has 0 spiro atoms. The zero-order chi connectivity index (χ0) is 19.4. The van der Waals surface area contributed by atoms with Gasteiger partial charge in [0.1, 0.15) is 22.9 Å². The monoisotopic (exact) mass is 370 g/mol. The van der Waals surface area contributed by atoms with Gasteiger partial charge in [0, 0.05) is 12.3 Å². The van der Waals surface area contributed by atoms with Gasteiger partial charge in [-0.25, -0.2) is 8.78 Å². The van der Waals surface area contributed by atoms with Crippen LogP contribution in [0.5, 0.6) is 5.75 Å². The van der Waals surface area contributed by atoms with Crippen molar-refractivity contribution in [3.05, 3.63) is 93.9 Å². The van der Waals surface area contributed by atoms with E-state index in [4.69, 9.17) is 4.74 Å². The van der Waals surface area contributed by atoms with E-state index in [0.29, 0.717) is 11.8 Å². The zero-order valence-corrected chi connectivity index (χ0v) is 14.4. The Morgan fingerprint density at radius 1 is 1.11 bits per heavy atom. The van der Waals surface area contributed by atoms with Crippen LogP contribution in [-0.2, 0) is 6.54 Å². The number of nitrogens with zero attached hydrogens (tertiary/aromatic N) is 1. The van der Waals surface area contributed by atoms with E-state index in [1.54, 1.807) is 37.6 Å². The van der Waals surface area contributed by atoms with Crippen LogP contribution >= 0.6 is 0 Å². The standard InChI is InChI=1S/C20H16F2N2O3/c1-27-15-5-2-4-13(10-15)12-24-9-3-6-16(20(24)26)19(25)23-18-8-7-14(21)11-17(18)22/h2-11H,12H2,1H3,(H,23,25). The molecule has 0 fully saturated rings. The van der Waals surface area contributed by atoms with Crippen LogP contribution in [0.15, 0.2) is 65.6 Å². The summed E-state index contributed by atoms with van der Waals surface area (Å²) in [5.74, 6) is -1.80. The molecule has 3 rings (SSSR count). The smallest absolute Gasteiger partial charge is 0.263 e. The number of methoxy groups -OCH3 is 1. The largest absolute Gasteiger partial charge is 0.497 e. The maximum absolute atomic E-state index is 13.7. The molecule has 0 aliphatic rings. The van der Waals surface area contributed by atoms with Crippen LogP contribution in [0.4, 0.5) is 14.5 Å². The highest BCUT2D eigenvalue weighted by atomic mass is 19.1. The summed E-state index contributed by atoms with van der Waals surface area (Å²) in [5, 5.41) is 2.29. The van der Waals surface area contributed by atoms with Gasteiger partial charge < -0.3 is 14.6 Å². The quantitative estimate of drug-likeness (QED) is 0.749. The van der Waals surface area contributed by atoms with Crippen molar-refractivity contribution in [3.8, 4) is 5.75 Å². The van der Waals surface area contributed by atoms with Crippen molar-refractivity contribution >= 4 is 11.6 Å². The average molecular weight is 370 g/mol. The van der Waals surface area contributed by atoms with Crippen molar-refractivity contribution in [1.82, 2.24) is 4.57 Å². The first kappa shape index (κ1) is 18.3. The molecule has 0 atom stereocenters. The van der Waals surface area contributed by atoms with Gasteiger partial charge in [-0.2, -0.15) is 0 Å². The van der Waals surface area contributed by atoms with Gasteiger partial charge in [-0.3, -0.25) is 9.59 Å². The van der Waals surface area contributed by atoms with Crippen molar-refractivity contribution in [2.24, 2.45) is 0 Å². The number of rotatable bonds is 5. The van der Waals surface area contributed by atoms with E-state index in [1.165, 1.54) is 10.6 Å². The number of pyridine rings is 1. The van der Waals surface area contributed by atoms with E-state index < -0.39 is 23.1 Å². The SMILES string of the molecule is COc1cccc(Cn2cccc(C(=O)Nc3ccc(F)cc3F)c2=O)c1. The molecule has 7 heteroatoms. The van der Waals surface area contributed by atoms with E-state index in [1.807, 2.05) is 6.07 Å². The fourth-order valence-corrected chi connectivity index (χ4v) is 2.58. The van der Waals surface area contributed by atoms with Crippen LogP contribution in [0.25, 0.3) is 0 Å². The Bertz CT molecular complexity index is 1050. The molecule has 1 heterocycles. The molecule has 3 aromatic rings. The number of aromatic nitrogens is 1. The molecule has 0 aliphatic heterocycles. The Labute approximate surface area is 153 Å². The lowest BCUT2D eigenvalue weighted by atomic mass is 10.2. The highest BCUT2D eigenvalue weighted by Gasteiger charge is 2.15. The molecule has 5 nitrogen and oxygen atoms in total. The van der Waals surface area contributed by atoms with Crippen molar-refractivity contribution in [3.63, 3.8) is 0 Å². The number of benzene rings is 2. The van der Waals surface area contributed by atoms with Gasteiger partial charge in [0.2, 0.25) is 0 Å². The Balaban J connectivity index is 1.85. The molecular weight excluding hydrogens is 354 g/mol. The van der Waals surface area contributed by atoms with Crippen LogP contribution in [0.3, 0.4) is 0 Å². The molecule has 0 saturated carbocycles. The van der Waals surface area contributed by atoms with Crippen LogP contribution in [0, 0.1) is 11.6 Å². The molecule has 0 saturated heterocycles. The van der Waals surface area contributed by atoms with Gasteiger partial charge in [-0.1, -0.05) is 12.1 Å². The molecule has 2 aromatic carbocycles. The number of carbonyl (C=O) groups excluding carboxylic acids is 1. The van der Waals surface area contributed by atoms with Gasteiger partial charge in [0.15, 0.2) is 0 Å². The predicted molar refractivity (Wildman–Crippen MR) is 97.1 cm³/mol.